The summed E-state index contributed by atoms with van der Waals surface area (Å²) >= 11 is 1.06. The number of carboxylic acid groups (broad SMARTS) is 1. The maximum atomic E-state index is 12.7. The average Bonchev–Trinajstić information content (AvgIpc) is 3.16. The number of rotatable bonds is 5. The van der Waals surface area contributed by atoms with Gasteiger partial charge in [-0.25, -0.2) is 14.8 Å². The van der Waals surface area contributed by atoms with Crippen molar-refractivity contribution in [3.63, 3.8) is 0 Å². The van der Waals surface area contributed by atoms with Gasteiger partial charge in [-0.1, -0.05) is 31.5 Å². The number of aromatic nitrogens is 4. The first-order valence-electron chi connectivity index (χ1n) is 8.72. The van der Waals surface area contributed by atoms with E-state index in [1.165, 1.54) is 11.6 Å². The highest BCUT2D eigenvalue weighted by Gasteiger charge is 2.26. The fourth-order valence-electron chi connectivity index (χ4n) is 3.34. The summed E-state index contributed by atoms with van der Waals surface area (Å²) in [6.45, 7) is 1.78. The first-order chi connectivity index (χ1) is 12.3. The average molecular weight is 378 g/mol. The zero-order valence-corrected chi connectivity index (χ0v) is 15.9. The molecule has 3 rings (SSSR count). The molecule has 0 spiro atoms. The molecular formula is C17H22N4O4S. The van der Waals surface area contributed by atoms with Gasteiger partial charge >= 0.3 is 11.7 Å². The molecule has 0 bridgehead atoms. The molecule has 0 aliphatic heterocycles. The molecule has 1 fully saturated rings. The summed E-state index contributed by atoms with van der Waals surface area (Å²) in [6.07, 6.45) is 4.51. The number of hydrogen-bond acceptors (Lipinski definition) is 6. The van der Waals surface area contributed by atoms with Crippen LogP contribution in [0.5, 0.6) is 0 Å². The Morgan fingerprint density at radius 3 is 2.46 bits per heavy atom. The summed E-state index contributed by atoms with van der Waals surface area (Å²) in [5, 5.41) is 9.25. The zero-order valence-electron chi connectivity index (χ0n) is 15.1. The van der Waals surface area contributed by atoms with Gasteiger partial charge in [-0.15, -0.1) is 0 Å². The van der Waals surface area contributed by atoms with E-state index in [-0.39, 0.29) is 17.0 Å². The van der Waals surface area contributed by atoms with Gasteiger partial charge in [0.05, 0.1) is 0 Å². The Morgan fingerprint density at radius 2 is 1.88 bits per heavy atom. The van der Waals surface area contributed by atoms with Gasteiger partial charge in [0.25, 0.3) is 5.56 Å². The first kappa shape index (κ1) is 18.6. The summed E-state index contributed by atoms with van der Waals surface area (Å²) in [5.41, 5.74) is -0.679. The Bertz CT molecular complexity index is 975. The molecule has 0 saturated heterocycles. The molecule has 2 heterocycles. The first-order valence-corrected chi connectivity index (χ1v) is 9.60. The van der Waals surface area contributed by atoms with Crippen LogP contribution in [0.4, 0.5) is 0 Å². The lowest BCUT2D eigenvalue weighted by molar-refractivity contribution is -0.136. The van der Waals surface area contributed by atoms with Gasteiger partial charge in [-0.3, -0.25) is 18.7 Å². The molecule has 1 saturated carbocycles. The third-order valence-corrected chi connectivity index (χ3v) is 6.24. The van der Waals surface area contributed by atoms with Gasteiger partial charge in [0.2, 0.25) is 0 Å². The fourth-order valence-corrected chi connectivity index (χ4v) is 4.32. The number of hydrogen-bond donors (Lipinski definition) is 1. The van der Waals surface area contributed by atoms with Crippen LogP contribution in [0.1, 0.15) is 50.8 Å². The van der Waals surface area contributed by atoms with E-state index < -0.39 is 22.5 Å². The summed E-state index contributed by atoms with van der Waals surface area (Å²) in [5.74, 6) is -0.169. The number of aliphatic carboxylic acids is 1. The van der Waals surface area contributed by atoms with Crippen molar-refractivity contribution in [3.8, 4) is 0 Å². The second kappa shape index (κ2) is 7.22. The predicted octanol–water partition coefficient (Wildman–Crippen LogP) is 1.64. The van der Waals surface area contributed by atoms with Crippen LogP contribution in [-0.4, -0.2) is 35.4 Å². The summed E-state index contributed by atoms with van der Waals surface area (Å²) in [6, 6.07) is 0. The van der Waals surface area contributed by atoms with Gasteiger partial charge in [-0.05, 0) is 19.3 Å². The van der Waals surface area contributed by atoms with E-state index in [4.69, 9.17) is 0 Å². The number of carbonyl (C=O) groups is 1. The number of fused-ring (bicyclic) bond motifs is 1. The van der Waals surface area contributed by atoms with Crippen molar-refractivity contribution in [2.75, 3.05) is 0 Å². The third-order valence-electron chi connectivity index (χ3n) is 4.90. The molecule has 1 atom stereocenters. The van der Waals surface area contributed by atoms with E-state index in [9.17, 15) is 19.5 Å². The van der Waals surface area contributed by atoms with Gasteiger partial charge in [-0.2, -0.15) is 0 Å². The monoisotopic (exact) mass is 378 g/mol. The number of nitrogens with zero attached hydrogens (tertiary/aromatic N) is 4. The minimum atomic E-state index is -0.951. The summed E-state index contributed by atoms with van der Waals surface area (Å²) in [7, 11) is 2.97. The molecule has 1 aliphatic carbocycles. The van der Waals surface area contributed by atoms with Crippen molar-refractivity contribution >= 4 is 28.8 Å². The van der Waals surface area contributed by atoms with E-state index >= 15 is 0 Å². The zero-order chi connectivity index (χ0) is 19.0. The molecule has 2 aromatic rings. The lowest BCUT2D eigenvalue weighted by Crippen LogP contribution is -2.38. The third kappa shape index (κ3) is 3.15. The van der Waals surface area contributed by atoms with E-state index in [0.29, 0.717) is 17.3 Å². The van der Waals surface area contributed by atoms with Crippen molar-refractivity contribution in [1.29, 1.82) is 0 Å². The highest BCUT2D eigenvalue weighted by atomic mass is 32.2. The van der Waals surface area contributed by atoms with Crippen LogP contribution in [0, 0.1) is 0 Å². The molecule has 8 nitrogen and oxygen atoms in total. The van der Waals surface area contributed by atoms with Crippen LogP contribution >= 0.6 is 11.8 Å². The Hall–Kier alpha value is -2.16. The lowest BCUT2D eigenvalue weighted by Gasteiger charge is -2.16. The quantitative estimate of drug-likeness (QED) is 0.622. The molecule has 140 valence electrons. The lowest BCUT2D eigenvalue weighted by atomic mass is 10.1. The minimum absolute atomic E-state index is 0.183. The van der Waals surface area contributed by atoms with Crippen LogP contribution in [-0.2, 0) is 18.9 Å². The Kier molecular flexibility index (Phi) is 5.17. The minimum Gasteiger partial charge on any atom is -0.480 e. The van der Waals surface area contributed by atoms with Crippen molar-refractivity contribution in [3.05, 3.63) is 26.7 Å². The van der Waals surface area contributed by atoms with Crippen LogP contribution in [0.25, 0.3) is 11.0 Å². The van der Waals surface area contributed by atoms with Gasteiger partial charge in [0.1, 0.15) is 21.5 Å². The van der Waals surface area contributed by atoms with E-state index in [1.54, 1.807) is 14.0 Å². The smallest absolute Gasteiger partial charge is 0.332 e. The number of carboxylic acids is 1. The van der Waals surface area contributed by atoms with Crippen molar-refractivity contribution in [1.82, 2.24) is 19.1 Å². The Labute approximate surface area is 154 Å². The Morgan fingerprint density at radius 1 is 1.23 bits per heavy atom. The standard InChI is InChI=1S/C17H22N4O4S/c1-4-10(16(23)24)26-14-11-13(20(2)17(25)21(3)15(11)22)18-12(19-14)9-7-5-6-8-9/h9-10H,4-8H2,1-3H3,(H,23,24)/t10-/m1/s1. The van der Waals surface area contributed by atoms with Crippen LogP contribution in [0.2, 0.25) is 0 Å². The molecule has 2 aromatic heterocycles. The van der Waals surface area contributed by atoms with E-state index in [0.717, 1.165) is 42.0 Å². The number of thioether (sulfide) groups is 1. The summed E-state index contributed by atoms with van der Waals surface area (Å²) < 4.78 is 2.34. The van der Waals surface area contributed by atoms with E-state index in [2.05, 4.69) is 9.97 Å². The molecular weight excluding hydrogens is 356 g/mol. The molecule has 0 radical (unpaired) electrons. The maximum Gasteiger partial charge on any atom is 0.332 e. The molecule has 0 aromatic carbocycles. The molecule has 1 N–H and O–H groups in total. The maximum absolute atomic E-state index is 12.7. The van der Waals surface area contributed by atoms with E-state index in [1.807, 2.05) is 0 Å². The van der Waals surface area contributed by atoms with Crippen LogP contribution in [0.15, 0.2) is 14.6 Å². The highest BCUT2D eigenvalue weighted by Crippen LogP contribution is 2.35. The van der Waals surface area contributed by atoms with Gasteiger partial charge in [0, 0.05) is 20.0 Å². The van der Waals surface area contributed by atoms with Crippen molar-refractivity contribution in [2.45, 2.75) is 55.2 Å². The van der Waals surface area contributed by atoms with Crippen molar-refractivity contribution < 1.29 is 9.90 Å². The molecule has 0 amide bonds. The van der Waals surface area contributed by atoms with Crippen LogP contribution < -0.4 is 11.2 Å². The fraction of sp³-hybridized carbons (Fsp3) is 0.588. The molecule has 0 unspecified atom stereocenters. The largest absolute Gasteiger partial charge is 0.480 e. The molecule has 9 heteroatoms. The van der Waals surface area contributed by atoms with Crippen molar-refractivity contribution in [2.24, 2.45) is 14.1 Å². The van der Waals surface area contributed by atoms with Crippen LogP contribution in [0.3, 0.4) is 0 Å². The topological polar surface area (TPSA) is 107 Å². The SMILES string of the molecule is CC[C@@H](Sc1nc(C2CCCC2)nc2c1c(=O)n(C)c(=O)n2C)C(=O)O. The molecule has 1 aliphatic rings. The predicted molar refractivity (Wildman–Crippen MR) is 98.8 cm³/mol. The summed E-state index contributed by atoms with van der Waals surface area (Å²) in [4.78, 5) is 45.6. The van der Waals surface area contributed by atoms with Gasteiger partial charge in [0.15, 0.2) is 5.65 Å². The van der Waals surface area contributed by atoms with Gasteiger partial charge < -0.3 is 5.11 Å². The molecule has 26 heavy (non-hydrogen) atoms. The number of aryl methyl sites for hydroxylation is 1. The second-order valence-corrected chi connectivity index (χ2v) is 7.82. The normalized spacial score (nSPS) is 16.3. The Balaban J connectivity index is 2.29. The highest BCUT2D eigenvalue weighted by molar-refractivity contribution is 8.00. The second-order valence-electron chi connectivity index (χ2n) is 6.63.